The molecule has 139 heavy (non-hydrogen) atoms. The van der Waals surface area contributed by atoms with Crippen LogP contribution in [-0.4, -0.2) is 30.1 Å². The lowest BCUT2D eigenvalue weighted by molar-refractivity contribution is 0.487. The number of ether oxygens (including phenoxy) is 2. The molecule has 9 aliphatic heterocycles. The standard InChI is InChI=1S/C53H32BN3OS.C35H22BN3O.C33H16BN5O/c1-2-15-37(16-3-1)56-43-20-10-21-44-50(43)54-51-45(57(44)38-17-9-14-36(31-38)42-19-6-7-29-55-42)22-11-24-49(51)59-53-39(26-27-46(56)52(53)54)35-13-8-12-33(30-35)34-25-28-48-41(32-34)40-18-4-5-23-47(40)58-48;1-2-11-24(12-3-1)38-27-15-7-16-28-33(27)36-34-29(38)17-8-19-31(34)40-32-20-9-18-30(35(32)36)39(28)25-13-6-10-23(22-25)26-14-4-5-21-37-26;1-37-22-16-28-33-30(17-22)40-29-15-21(19-36)14-27-32(29)34(33)31-25(38(27)23-8-4-2-5-9-23)12-20(18-35)13-26(31)39(28)24-10-6-3-7-11-24/h1-32H;1-22H;2-17H. The Kier molecular flexibility index (Phi) is 17.8. The van der Waals surface area contributed by atoms with Crippen LogP contribution in [0.3, 0.4) is 0 Å². The topological polar surface area (TPSA) is 129 Å². The molecule has 3 aromatic heterocycles. The Morgan fingerprint density at radius 2 is 0.662 bits per heavy atom. The minimum Gasteiger partial charge on any atom is -0.460 e. The average molecular weight is 1790 g/mol. The number of nitriles is 2. The molecule has 0 bridgehead atoms. The van der Waals surface area contributed by atoms with Crippen LogP contribution in [0.5, 0.6) is 23.0 Å². The van der Waals surface area contributed by atoms with Crippen LogP contribution < -0.4 is 88.0 Å². The molecule has 0 aliphatic carbocycles. The molecule has 0 saturated carbocycles. The molecule has 30 rings (SSSR count). The van der Waals surface area contributed by atoms with Gasteiger partial charge in [0, 0.05) is 146 Å². The second-order valence-electron chi connectivity index (χ2n) is 35.8. The number of para-hydroxylation sites is 5. The number of fused-ring (bicyclic) bond motifs is 3. The lowest BCUT2D eigenvalue weighted by atomic mass is 9.32. The first kappa shape index (κ1) is 79.1. The predicted octanol–water partition coefficient (Wildman–Crippen LogP) is 25.6. The van der Waals surface area contributed by atoms with Gasteiger partial charge in [-0.05, 0) is 296 Å². The van der Waals surface area contributed by atoms with Crippen LogP contribution in [0.25, 0.3) is 71.6 Å². The van der Waals surface area contributed by atoms with E-state index in [1.807, 2.05) is 139 Å². The Hall–Kier alpha value is -18.5. The zero-order chi connectivity index (χ0) is 91.8. The largest absolute Gasteiger partial charge is 0.460 e. The van der Waals surface area contributed by atoms with E-state index in [9.17, 15) is 10.5 Å². The van der Waals surface area contributed by atoms with Gasteiger partial charge in [-0.15, -0.1) is 0 Å². The van der Waals surface area contributed by atoms with Crippen molar-refractivity contribution in [1.29, 1.82) is 10.5 Å². The van der Waals surface area contributed by atoms with Crippen molar-refractivity contribution in [3.05, 3.63) is 447 Å². The Balaban J connectivity index is 0.000000106. The van der Waals surface area contributed by atoms with Crippen molar-refractivity contribution in [2.45, 2.75) is 9.79 Å². The second-order valence-corrected chi connectivity index (χ2v) is 36.8. The maximum absolute atomic E-state index is 10.2. The molecule has 0 radical (unpaired) electrons. The Bertz CT molecular complexity index is 8810. The first-order chi connectivity index (χ1) is 68.8. The van der Waals surface area contributed by atoms with Gasteiger partial charge in [0.1, 0.15) is 34.2 Å². The summed E-state index contributed by atoms with van der Waals surface area (Å²) in [6.07, 6.45) is 3.71. The van der Waals surface area contributed by atoms with Crippen LogP contribution >= 0.6 is 11.8 Å². The highest BCUT2D eigenvalue weighted by molar-refractivity contribution is 8.00. The number of nitrogens with zero attached hydrogens (tertiary/aromatic N) is 11. The molecule has 0 saturated heterocycles. The minimum atomic E-state index is -0.200. The molecule has 642 valence electrons. The number of anilines is 18. The molecule has 0 unspecified atom stereocenters. The van der Waals surface area contributed by atoms with Crippen molar-refractivity contribution >= 4 is 211 Å². The van der Waals surface area contributed by atoms with Gasteiger partial charge in [0.15, 0.2) is 5.69 Å². The van der Waals surface area contributed by atoms with Crippen molar-refractivity contribution in [2.75, 3.05) is 29.4 Å². The number of furan rings is 1. The van der Waals surface area contributed by atoms with Crippen molar-refractivity contribution in [3.8, 4) is 79.9 Å². The van der Waals surface area contributed by atoms with E-state index in [2.05, 4.69) is 336 Å². The molecule has 12 heterocycles. The van der Waals surface area contributed by atoms with Crippen molar-refractivity contribution < 1.29 is 13.9 Å². The molecular weight excluding hydrogens is 1720 g/mol. The lowest BCUT2D eigenvalue weighted by Crippen LogP contribution is -2.63. The van der Waals surface area contributed by atoms with Crippen molar-refractivity contribution in [1.82, 2.24) is 9.97 Å². The van der Waals surface area contributed by atoms with Crippen molar-refractivity contribution in [3.63, 3.8) is 0 Å². The third-order valence-electron chi connectivity index (χ3n) is 28.4. The molecule has 0 amide bonds. The van der Waals surface area contributed by atoms with E-state index in [0.29, 0.717) is 28.3 Å². The fourth-order valence-electron chi connectivity index (χ4n) is 22.8. The van der Waals surface area contributed by atoms with Gasteiger partial charge in [0.25, 0.3) is 20.1 Å². The summed E-state index contributed by atoms with van der Waals surface area (Å²) >= 11 is 1.91. The quantitative estimate of drug-likeness (QED) is 0.0951. The molecule has 14 nitrogen and oxygen atoms in total. The summed E-state index contributed by atoms with van der Waals surface area (Å²) in [5.74, 6) is 3.07. The first-order valence-corrected chi connectivity index (χ1v) is 47.3. The molecule has 0 spiro atoms. The van der Waals surface area contributed by atoms with E-state index in [4.69, 9.17) is 25.4 Å². The minimum absolute atomic E-state index is 0.0637. The summed E-state index contributed by atoms with van der Waals surface area (Å²) in [6, 6.07) is 149. The van der Waals surface area contributed by atoms with E-state index in [1.54, 1.807) is 12.1 Å². The van der Waals surface area contributed by atoms with Crippen LogP contribution in [-0.2, 0) is 0 Å². The Morgan fingerprint density at radius 3 is 1.20 bits per heavy atom. The van der Waals surface area contributed by atoms with Crippen LogP contribution in [0.15, 0.2) is 439 Å². The summed E-state index contributed by atoms with van der Waals surface area (Å²) < 4.78 is 19.4. The summed E-state index contributed by atoms with van der Waals surface area (Å²) in [5.41, 5.74) is 42.4. The monoisotopic (exact) mass is 1790 g/mol. The fourth-order valence-corrected chi connectivity index (χ4v) is 24.2. The average Bonchev–Trinajstić information content (AvgIpc) is 1.23. The Labute approximate surface area is 806 Å². The second kappa shape index (κ2) is 31.3. The van der Waals surface area contributed by atoms with Gasteiger partial charge in [-0.2, -0.15) is 10.5 Å². The zero-order valence-corrected chi connectivity index (χ0v) is 75.0. The summed E-state index contributed by atoms with van der Waals surface area (Å²) in [5, 5.41) is 22.4. The first-order valence-electron chi connectivity index (χ1n) is 46.5. The van der Waals surface area contributed by atoms with Gasteiger partial charge < -0.3 is 43.3 Å². The number of benzene rings is 18. The summed E-state index contributed by atoms with van der Waals surface area (Å²) in [6.45, 7) is 7.77. The molecule has 0 atom stereocenters. The predicted molar refractivity (Wildman–Crippen MR) is 566 cm³/mol. The van der Waals surface area contributed by atoms with Gasteiger partial charge >= 0.3 is 0 Å². The highest BCUT2D eigenvalue weighted by atomic mass is 32.2. The number of rotatable bonds is 10. The van der Waals surface area contributed by atoms with E-state index in [1.165, 1.54) is 105 Å². The molecule has 21 aromatic rings. The van der Waals surface area contributed by atoms with Gasteiger partial charge in [-0.25, -0.2) is 4.85 Å². The number of hydrogen-bond acceptors (Lipinski definition) is 14. The zero-order valence-electron chi connectivity index (χ0n) is 74.2. The van der Waals surface area contributed by atoms with Crippen LogP contribution in [0.1, 0.15) is 11.1 Å². The maximum atomic E-state index is 10.2. The highest BCUT2D eigenvalue weighted by Gasteiger charge is 2.53. The van der Waals surface area contributed by atoms with Gasteiger partial charge in [0.05, 0.1) is 41.2 Å². The number of aromatic nitrogens is 2. The third kappa shape index (κ3) is 12.1. The van der Waals surface area contributed by atoms with Gasteiger partial charge in [0.2, 0.25) is 0 Å². The van der Waals surface area contributed by atoms with E-state index < -0.39 is 0 Å². The van der Waals surface area contributed by atoms with Gasteiger partial charge in [-0.1, -0.05) is 200 Å². The van der Waals surface area contributed by atoms with Crippen LogP contribution in [0.2, 0.25) is 0 Å². The Morgan fingerprint density at radius 1 is 0.273 bits per heavy atom. The van der Waals surface area contributed by atoms with E-state index >= 15 is 0 Å². The number of hydrogen-bond donors (Lipinski definition) is 0. The molecule has 18 aromatic carbocycles. The molecular formula is C121H70B3N11O3S. The normalized spacial score (nSPS) is 13.3. The summed E-state index contributed by atoms with van der Waals surface area (Å²) in [4.78, 5) is 29.7. The van der Waals surface area contributed by atoms with Crippen LogP contribution in [0, 0.1) is 29.2 Å². The molecule has 9 aliphatic rings. The fraction of sp³-hybridized carbons (Fsp3) is 0. The van der Waals surface area contributed by atoms with Crippen molar-refractivity contribution in [2.24, 2.45) is 0 Å². The highest BCUT2D eigenvalue weighted by Crippen LogP contribution is 2.56. The van der Waals surface area contributed by atoms with E-state index in [0.717, 1.165) is 135 Å². The molecule has 0 fully saturated rings. The van der Waals surface area contributed by atoms with E-state index in [-0.39, 0.29) is 20.1 Å². The lowest BCUT2D eigenvalue weighted by Gasteiger charge is -2.47. The smallest absolute Gasteiger partial charge is 0.261 e. The molecule has 0 N–H and O–H groups in total. The maximum Gasteiger partial charge on any atom is 0.261 e. The third-order valence-corrected chi connectivity index (χ3v) is 29.6. The molecule has 18 heteroatoms. The van der Waals surface area contributed by atoms with Crippen LogP contribution in [0.4, 0.5) is 108 Å². The SMILES string of the molecule is [C-]#[N+]c1cc2c3c(c1)N(c1ccccc1)c1cc(C#N)cc4c1B3c1c(cc(C#N)cc1N4c1ccccc1)O2.c1ccc(N2c3cccc4c3B3c5c(cccc5N(c5cccc(-c6ccccn6)c5)c5cccc2c53)O4)cc1.c1ccc(N2c3cccc4c3B3c5c(cccc5N4c4cccc(-c5ccccn5)c4)Sc4c(-c5cccc(-c6ccc7oc8ccccc8c7c6)c5)ccc2c43)cc1. The summed E-state index contributed by atoms with van der Waals surface area (Å²) in [7, 11) is 0. The number of pyridine rings is 2. The van der Waals surface area contributed by atoms with Gasteiger partial charge in [-0.3, -0.25) is 9.97 Å².